The Bertz CT molecular complexity index is 1280. The number of nitrogens with zero attached hydrogens (tertiary/aromatic N) is 1. The highest BCUT2D eigenvalue weighted by Crippen LogP contribution is 2.53. The van der Waals surface area contributed by atoms with Crippen molar-refractivity contribution in [3.8, 4) is 0 Å². The number of benzene rings is 2. The Balaban J connectivity index is 1.44. The summed E-state index contributed by atoms with van der Waals surface area (Å²) in [5.41, 5.74) is -0.0390. The molecule has 1 N–H and O–H groups in total. The second-order valence-corrected chi connectivity index (χ2v) is 13.3. The number of anilines is 1. The maximum absolute atomic E-state index is 13.9. The van der Waals surface area contributed by atoms with E-state index in [0.29, 0.717) is 11.0 Å². The second-order valence-electron chi connectivity index (χ2n) is 10.5. The molecule has 1 aliphatic heterocycles. The Morgan fingerprint density at radius 2 is 1.91 bits per heavy atom. The third-order valence-electron chi connectivity index (χ3n) is 6.58. The average Bonchev–Trinajstić information content (AvgIpc) is 3.03. The van der Waals surface area contributed by atoms with E-state index in [4.69, 9.17) is 4.74 Å². The number of fused-ring (bicyclic) bond motifs is 2. The van der Waals surface area contributed by atoms with E-state index in [1.165, 1.54) is 36.4 Å². The molecule has 1 saturated heterocycles. The molecule has 2 aromatic carbocycles. The monoisotopic (exact) mass is 566 g/mol. The quantitative estimate of drug-likeness (QED) is 0.498. The largest absolute Gasteiger partial charge is 0.452 e. The van der Waals surface area contributed by atoms with Gasteiger partial charge in [-0.1, -0.05) is 42.8 Å². The molecule has 7 nitrogen and oxygen atoms in total. The van der Waals surface area contributed by atoms with Crippen LogP contribution in [-0.4, -0.2) is 43.8 Å². The summed E-state index contributed by atoms with van der Waals surface area (Å²) < 4.78 is 48.0. The fourth-order valence-corrected chi connectivity index (χ4v) is 7.75. The first kappa shape index (κ1) is 25.8. The third kappa shape index (κ3) is 5.59. The summed E-state index contributed by atoms with van der Waals surface area (Å²) in [6.45, 7) is 6.28. The van der Waals surface area contributed by atoms with E-state index >= 15 is 0 Å². The smallest absolute Gasteiger partial charge is 0.338 e. The predicted octanol–water partition coefficient (Wildman–Crippen LogP) is 4.97. The highest BCUT2D eigenvalue weighted by molar-refractivity contribution is 9.10. The number of hydrogen-bond donors (Lipinski definition) is 1. The van der Waals surface area contributed by atoms with Crippen LogP contribution in [0.15, 0.2) is 51.8 Å². The SMILES string of the molecule is CC1(C)C[C@H]2C[C@](C)(CN2S(=O)(=O)c2cccc(C(=O)OCC(=O)Nc3ccc(Br)cc3F)c2)C1. The number of amides is 1. The van der Waals surface area contributed by atoms with Gasteiger partial charge in [0.1, 0.15) is 5.82 Å². The molecule has 35 heavy (non-hydrogen) atoms. The highest BCUT2D eigenvalue weighted by Gasteiger charge is 2.53. The lowest BCUT2D eigenvalue weighted by molar-refractivity contribution is -0.119. The molecule has 2 fully saturated rings. The molecule has 1 heterocycles. The van der Waals surface area contributed by atoms with Gasteiger partial charge in [0.05, 0.1) is 16.1 Å². The molecule has 0 unspecified atom stereocenters. The maximum Gasteiger partial charge on any atom is 0.338 e. The van der Waals surface area contributed by atoms with Gasteiger partial charge in [-0.25, -0.2) is 17.6 Å². The number of halogens is 2. The molecule has 2 aliphatic rings. The molecular weight excluding hydrogens is 539 g/mol. The van der Waals surface area contributed by atoms with Crippen LogP contribution in [0.25, 0.3) is 0 Å². The van der Waals surface area contributed by atoms with Crippen LogP contribution in [0.3, 0.4) is 0 Å². The average molecular weight is 567 g/mol. The van der Waals surface area contributed by atoms with E-state index in [2.05, 4.69) is 42.0 Å². The fourth-order valence-electron chi connectivity index (χ4n) is 5.60. The summed E-state index contributed by atoms with van der Waals surface area (Å²) in [5, 5.41) is 2.33. The van der Waals surface area contributed by atoms with Crippen LogP contribution >= 0.6 is 15.9 Å². The number of esters is 1. The van der Waals surface area contributed by atoms with Crippen molar-refractivity contribution in [2.45, 2.75) is 51.0 Å². The van der Waals surface area contributed by atoms with Crippen LogP contribution in [0.4, 0.5) is 10.1 Å². The van der Waals surface area contributed by atoms with Crippen molar-refractivity contribution >= 4 is 43.5 Å². The van der Waals surface area contributed by atoms with Gasteiger partial charge in [0.25, 0.3) is 5.91 Å². The van der Waals surface area contributed by atoms with Crippen molar-refractivity contribution in [1.29, 1.82) is 0 Å². The lowest BCUT2D eigenvalue weighted by Crippen LogP contribution is -2.37. The first-order valence-electron chi connectivity index (χ1n) is 11.3. The Kier molecular flexibility index (Phi) is 6.85. The Labute approximate surface area is 213 Å². The normalized spacial score (nSPS) is 23.6. The van der Waals surface area contributed by atoms with E-state index in [9.17, 15) is 22.4 Å². The number of carbonyl (C=O) groups is 2. The van der Waals surface area contributed by atoms with Crippen LogP contribution in [0.1, 0.15) is 50.4 Å². The minimum absolute atomic E-state index is 0.0160. The number of sulfonamides is 1. The molecule has 0 aromatic heterocycles. The predicted molar refractivity (Wildman–Crippen MR) is 133 cm³/mol. The molecule has 2 bridgehead atoms. The molecule has 1 saturated carbocycles. The standard InChI is InChI=1S/C25H28BrFN2O5S/c1-24(2)11-18-12-25(3,14-24)15-29(18)35(32,33)19-6-4-5-16(9-19)23(31)34-13-22(30)28-21-8-7-17(26)10-20(21)27/h4-10,18H,11-15H2,1-3H3,(H,28,30)/t18-,25-/m0/s1. The van der Waals surface area contributed by atoms with Crippen molar-refractivity contribution < 1.29 is 27.1 Å². The van der Waals surface area contributed by atoms with Gasteiger partial charge in [-0.3, -0.25) is 4.79 Å². The molecular formula is C25H28BrFN2O5S. The van der Waals surface area contributed by atoms with Crippen LogP contribution in [-0.2, 0) is 19.6 Å². The van der Waals surface area contributed by atoms with Gasteiger partial charge >= 0.3 is 5.97 Å². The van der Waals surface area contributed by atoms with E-state index in [1.54, 1.807) is 10.4 Å². The minimum atomic E-state index is -3.82. The van der Waals surface area contributed by atoms with Gasteiger partial charge < -0.3 is 10.1 Å². The van der Waals surface area contributed by atoms with E-state index in [0.717, 1.165) is 19.3 Å². The van der Waals surface area contributed by atoms with Crippen LogP contribution in [0, 0.1) is 16.6 Å². The van der Waals surface area contributed by atoms with Crippen LogP contribution < -0.4 is 5.32 Å². The topological polar surface area (TPSA) is 92.8 Å². The van der Waals surface area contributed by atoms with Gasteiger partial charge in [0, 0.05) is 17.1 Å². The number of rotatable bonds is 6. The van der Waals surface area contributed by atoms with Crippen LogP contribution in [0.5, 0.6) is 0 Å². The summed E-state index contributed by atoms with van der Waals surface area (Å²) >= 11 is 3.13. The highest BCUT2D eigenvalue weighted by atomic mass is 79.9. The zero-order chi connectivity index (χ0) is 25.6. The lowest BCUT2D eigenvalue weighted by atomic mass is 9.65. The number of hydrogen-bond acceptors (Lipinski definition) is 5. The molecule has 10 heteroatoms. The van der Waals surface area contributed by atoms with Crippen molar-refractivity contribution in [1.82, 2.24) is 4.31 Å². The molecule has 0 radical (unpaired) electrons. The summed E-state index contributed by atoms with van der Waals surface area (Å²) in [6, 6.07) is 9.71. The molecule has 2 aromatic rings. The van der Waals surface area contributed by atoms with Crippen LogP contribution in [0.2, 0.25) is 0 Å². The lowest BCUT2D eigenvalue weighted by Gasteiger charge is -2.39. The zero-order valence-corrected chi connectivity index (χ0v) is 22.2. The van der Waals surface area contributed by atoms with Gasteiger partial charge in [-0.15, -0.1) is 0 Å². The van der Waals surface area contributed by atoms with Crippen molar-refractivity contribution in [2.75, 3.05) is 18.5 Å². The minimum Gasteiger partial charge on any atom is -0.452 e. The van der Waals surface area contributed by atoms with Crippen molar-refractivity contribution in [3.63, 3.8) is 0 Å². The third-order valence-corrected chi connectivity index (χ3v) is 8.97. The number of nitrogens with one attached hydrogen (secondary N) is 1. The van der Waals surface area contributed by atoms with E-state index < -0.39 is 34.3 Å². The summed E-state index contributed by atoms with van der Waals surface area (Å²) in [5.74, 6) is -2.20. The van der Waals surface area contributed by atoms with E-state index in [-0.39, 0.29) is 33.0 Å². The molecule has 1 aliphatic carbocycles. The Morgan fingerprint density at radius 1 is 1.17 bits per heavy atom. The molecule has 188 valence electrons. The first-order chi connectivity index (χ1) is 16.3. The first-order valence-corrected chi connectivity index (χ1v) is 13.6. The number of ether oxygens (including phenoxy) is 1. The molecule has 4 rings (SSSR count). The summed E-state index contributed by atoms with van der Waals surface area (Å²) in [7, 11) is -3.82. The Morgan fingerprint density at radius 3 is 2.63 bits per heavy atom. The molecule has 0 spiro atoms. The molecule has 1 amide bonds. The maximum atomic E-state index is 13.9. The second kappa shape index (κ2) is 9.29. The number of carbonyl (C=O) groups excluding carboxylic acids is 2. The van der Waals surface area contributed by atoms with Crippen molar-refractivity contribution in [3.05, 3.63) is 58.3 Å². The zero-order valence-electron chi connectivity index (χ0n) is 19.8. The van der Waals surface area contributed by atoms with Gasteiger partial charge in [-0.05, 0) is 66.5 Å². The van der Waals surface area contributed by atoms with Gasteiger partial charge in [0.15, 0.2) is 6.61 Å². The summed E-state index contributed by atoms with van der Waals surface area (Å²) in [6.07, 6.45) is 2.57. The van der Waals surface area contributed by atoms with Gasteiger partial charge in [0.2, 0.25) is 10.0 Å². The van der Waals surface area contributed by atoms with Crippen molar-refractivity contribution in [2.24, 2.45) is 10.8 Å². The summed E-state index contributed by atoms with van der Waals surface area (Å²) in [4.78, 5) is 24.7. The fraction of sp³-hybridized carbons (Fsp3) is 0.440. The Hall–Kier alpha value is -2.30. The van der Waals surface area contributed by atoms with E-state index in [1.807, 2.05) is 0 Å². The molecule has 2 atom stereocenters. The van der Waals surface area contributed by atoms with Gasteiger partial charge in [-0.2, -0.15) is 4.31 Å².